The molecule has 0 fully saturated rings. The Morgan fingerprint density at radius 1 is 1.05 bits per heavy atom. The number of carbonyl (C=O) groups excluding carboxylic acids is 3. The molecule has 4 amide bonds. The van der Waals surface area contributed by atoms with Crippen molar-refractivity contribution in [3.05, 3.63) is 66.5 Å². The highest BCUT2D eigenvalue weighted by atomic mass is 16.5. The molecule has 1 aromatic carbocycles. The van der Waals surface area contributed by atoms with Gasteiger partial charge in [-0.25, -0.2) is 14.4 Å². The number of alkyl carbamates (subject to hydrolysis) is 1. The molecule has 2 rings (SSSR count). The van der Waals surface area contributed by atoms with Crippen LogP contribution in [0.15, 0.2) is 55.4 Å². The number of phenols is 1. The van der Waals surface area contributed by atoms with Gasteiger partial charge in [0, 0.05) is 31.5 Å². The monoisotopic (exact) mass is 515 g/mol. The fourth-order valence-electron chi connectivity index (χ4n) is 2.78. The molecule has 0 unspecified atom stereocenters. The summed E-state index contributed by atoms with van der Waals surface area (Å²) in [6.07, 6.45) is 4.24. The summed E-state index contributed by atoms with van der Waals surface area (Å²) in [5.41, 5.74) is 0.774. The number of carbonyl (C=O) groups is 4. The van der Waals surface area contributed by atoms with Crippen molar-refractivity contribution in [2.75, 3.05) is 26.3 Å². The minimum Gasteiger partial charge on any atom is -0.507 e. The number of aromatic nitrogens is 1. The van der Waals surface area contributed by atoms with Crippen LogP contribution >= 0.6 is 0 Å². The van der Waals surface area contributed by atoms with Crippen molar-refractivity contribution in [2.45, 2.75) is 19.0 Å². The molecule has 0 saturated heterocycles. The Kier molecular flexibility index (Phi) is 11.7. The number of nitrogens with zero attached hydrogens (tertiary/aromatic N) is 1. The number of urea groups is 1. The molecule has 13 nitrogen and oxygen atoms in total. The SMILES string of the molecule is C=CCCOC(=O)N[C@@H](CNC(=O)c1ccc(OCCNC(=O)NCc2ccncc2)cc1O)C(=O)O. The molecule has 0 aliphatic heterocycles. The highest BCUT2D eigenvalue weighted by molar-refractivity contribution is 5.97. The van der Waals surface area contributed by atoms with Crippen LogP contribution in [-0.4, -0.2) is 71.5 Å². The molecule has 0 bridgehead atoms. The van der Waals surface area contributed by atoms with Gasteiger partial charge in [-0.3, -0.25) is 9.78 Å². The van der Waals surface area contributed by atoms with Crippen LogP contribution in [0, 0.1) is 0 Å². The number of pyridine rings is 1. The van der Waals surface area contributed by atoms with E-state index in [1.54, 1.807) is 24.5 Å². The van der Waals surface area contributed by atoms with Crippen LogP contribution in [0.5, 0.6) is 11.5 Å². The summed E-state index contributed by atoms with van der Waals surface area (Å²) in [4.78, 5) is 51.1. The molecule has 0 saturated carbocycles. The maximum atomic E-state index is 12.4. The van der Waals surface area contributed by atoms with Crippen LogP contribution < -0.4 is 26.0 Å². The first-order chi connectivity index (χ1) is 17.8. The van der Waals surface area contributed by atoms with Gasteiger partial charge >= 0.3 is 18.1 Å². The summed E-state index contributed by atoms with van der Waals surface area (Å²) in [5.74, 6) is -2.29. The zero-order valence-electron chi connectivity index (χ0n) is 19.9. The molecule has 0 aliphatic rings. The van der Waals surface area contributed by atoms with E-state index in [2.05, 4.69) is 32.8 Å². The number of carboxylic acid groups (broad SMARTS) is 1. The molecule has 37 heavy (non-hydrogen) atoms. The average Bonchev–Trinajstić information content (AvgIpc) is 2.88. The van der Waals surface area contributed by atoms with Crippen molar-refractivity contribution in [1.29, 1.82) is 0 Å². The van der Waals surface area contributed by atoms with Crippen LogP contribution in [0.2, 0.25) is 0 Å². The average molecular weight is 516 g/mol. The number of hydrogen-bond acceptors (Lipinski definition) is 8. The summed E-state index contributed by atoms with van der Waals surface area (Å²) in [5, 5.41) is 29.2. The van der Waals surface area contributed by atoms with Gasteiger partial charge in [-0.05, 0) is 36.2 Å². The third-order valence-corrected chi connectivity index (χ3v) is 4.68. The van der Waals surface area contributed by atoms with Crippen molar-refractivity contribution in [2.24, 2.45) is 0 Å². The lowest BCUT2D eigenvalue weighted by Gasteiger charge is -2.16. The molecular weight excluding hydrogens is 486 g/mol. The Morgan fingerprint density at radius 3 is 2.49 bits per heavy atom. The van der Waals surface area contributed by atoms with E-state index in [-0.39, 0.29) is 37.1 Å². The topological polar surface area (TPSA) is 188 Å². The zero-order valence-corrected chi connectivity index (χ0v) is 19.9. The summed E-state index contributed by atoms with van der Waals surface area (Å²) < 4.78 is 10.3. The Labute approximate surface area is 212 Å². The van der Waals surface area contributed by atoms with Crippen LogP contribution in [0.1, 0.15) is 22.3 Å². The largest absolute Gasteiger partial charge is 0.507 e. The smallest absolute Gasteiger partial charge is 0.407 e. The molecule has 198 valence electrons. The lowest BCUT2D eigenvalue weighted by atomic mass is 10.1. The fourth-order valence-corrected chi connectivity index (χ4v) is 2.78. The second-order valence-electron chi connectivity index (χ2n) is 7.45. The van der Waals surface area contributed by atoms with Crippen molar-refractivity contribution < 1.29 is 38.9 Å². The molecule has 13 heteroatoms. The number of ether oxygens (including phenoxy) is 2. The van der Waals surface area contributed by atoms with Crippen LogP contribution in [0.3, 0.4) is 0 Å². The first-order valence-corrected chi connectivity index (χ1v) is 11.2. The quantitative estimate of drug-likeness (QED) is 0.158. The van der Waals surface area contributed by atoms with Crippen molar-refractivity contribution >= 4 is 24.0 Å². The number of amides is 4. The maximum absolute atomic E-state index is 12.4. The Bertz CT molecular complexity index is 1080. The first-order valence-electron chi connectivity index (χ1n) is 11.2. The molecule has 2 aromatic rings. The minimum absolute atomic E-state index is 0.0337. The molecule has 0 radical (unpaired) electrons. The number of aliphatic carboxylic acids is 1. The third kappa shape index (κ3) is 10.5. The molecule has 6 N–H and O–H groups in total. The summed E-state index contributed by atoms with van der Waals surface area (Å²) >= 11 is 0. The van der Waals surface area contributed by atoms with E-state index in [0.717, 1.165) is 5.56 Å². The zero-order chi connectivity index (χ0) is 27.0. The maximum Gasteiger partial charge on any atom is 0.407 e. The summed E-state index contributed by atoms with van der Waals surface area (Å²) in [6.45, 7) is 3.69. The van der Waals surface area contributed by atoms with E-state index >= 15 is 0 Å². The molecule has 1 atom stereocenters. The lowest BCUT2D eigenvalue weighted by Crippen LogP contribution is -2.48. The van der Waals surface area contributed by atoms with Crippen LogP contribution in [0.25, 0.3) is 0 Å². The Morgan fingerprint density at radius 2 is 1.81 bits per heavy atom. The number of rotatable bonds is 14. The van der Waals surface area contributed by atoms with Gasteiger partial charge in [0.15, 0.2) is 0 Å². The van der Waals surface area contributed by atoms with Gasteiger partial charge in [-0.2, -0.15) is 0 Å². The summed E-state index contributed by atoms with van der Waals surface area (Å²) in [7, 11) is 0. The number of aromatic hydroxyl groups is 1. The van der Waals surface area contributed by atoms with Crippen molar-refractivity contribution in [1.82, 2.24) is 26.3 Å². The molecule has 1 aromatic heterocycles. The van der Waals surface area contributed by atoms with Crippen molar-refractivity contribution in [3.8, 4) is 11.5 Å². The fraction of sp³-hybridized carbons (Fsp3) is 0.292. The van der Waals surface area contributed by atoms with Gasteiger partial charge < -0.3 is 41.0 Å². The van der Waals surface area contributed by atoms with Gasteiger partial charge in [0.25, 0.3) is 5.91 Å². The highest BCUT2D eigenvalue weighted by Crippen LogP contribution is 2.23. The molecular formula is C24H29N5O8. The lowest BCUT2D eigenvalue weighted by molar-refractivity contribution is -0.139. The first kappa shape index (κ1) is 28.4. The van der Waals surface area contributed by atoms with E-state index in [1.807, 2.05) is 0 Å². The van der Waals surface area contributed by atoms with E-state index in [4.69, 9.17) is 9.47 Å². The number of nitrogens with one attached hydrogen (secondary N) is 4. The van der Waals surface area contributed by atoms with Gasteiger partial charge in [0.1, 0.15) is 24.1 Å². The predicted molar refractivity (Wildman–Crippen MR) is 131 cm³/mol. The highest BCUT2D eigenvalue weighted by Gasteiger charge is 2.22. The molecule has 1 heterocycles. The Hall–Kier alpha value is -4.81. The van der Waals surface area contributed by atoms with Crippen LogP contribution in [0.4, 0.5) is 9.59 Å². The number of hydrogen-bond donors (Lipinski definition) is 6. The van der Waals surface area contributed by atoms with Gasteiger partial charge in [0.2, 0.25) is 0 Å². The Balaban J connectivity index is 1.75. The van der Waals surface area contributed by atoms with E-state index in [1.165, 1.54) is 24.3 Å². The van der Waals surface area contributed by atoms with Gasteiger partial charge in [-0.15, -0.1) is 6.58 Å². The minimum atomic E-state index is -1.45. The second kappa shape index (κ2) is 15.2. The van der Waals surface area contributed by atoms with E-state index < -0.39 is 36.3 Å². The van der Waals surface area contributed by atoms with Gasteiger partial charge in [-0.1, -0.05) is 6.08 Å². The third-order valence-electron chi connectivity index (χ3n) is 4.68. The normalized spacial score (nSPS) is 10.9. The number of benzene rings is 1. The second-order valence-corrected chi connectivity index (χ2v) is 7.45. The van der Waals surface area contributed by atoms with E-state index in [9.17, 15) is 29.4 Å². The summed E-state index contributed by atoms with van der Waals surface area (Å²) in [6, 6.07) is 5.67. The van der Waals surface area contributed by atoms with Crippen molar-refractivity contribution in [3.63, 3.8) is 0 Å². The predicted octanol–water partition coefficient (Wildman–Crippen LogP) is 1.15. The molecule has 0 spiro atoms. The molecule has 0 aliphatic carbocycles. The van der Waals surface area contributed by atoms with Gasteiger partial charge in [0.05, 0.1) is 18.7 Å². The van der Waals surface area contributed by atoms with Crippen LogP contribution in [-0.2, 0) is 16.1 Å². The standard InChI is InChI=1S/C24H29N5O8/c1-2-3-11-37-24(35)29-19(22(32)33)15-27-21(31)18-5-4-17(13-20(18)30)36-12-10-26-23(34)28-14-16-6-8-25-9-7-16/h2,4-9,13,19,30H,1,3,10-12,14-15H2,(H,27,31)(H,29,35)(H,32,33)(H2,26,28,34)/t19-/m0/s1. The van der Waals surface area contributed by atoms with E-state index in [0.29, 0.717) is 13.0 Å². The number of carboxylic acids is 1. The number of phenolic OH excluding ortho intramolecular Hbond substituents is 1.